The van der Waals surface area contributed by atoms with Crippen LogP contribution in [0.3, 0.4) is 0 Å². The van der Waals surface area contributed by atoms with E-state index in [1.807, 2.05) is 4.90 Å². The predicted molar refractivity (Wildman–Crippen MR) is 41.6 cm³/mol. The Bertz CT molecular complexity index is 183. The number of likely N-dealkylation sites (tertiary alicyclic amines) is 1. The molecule has 1 heterocycles. The topological polar surface area (TPSA) is 37.4 Å². The molecule has 0 N–H and O–H groups in total. The van der Waals surface area contributed by atoms with Crippen molar-refractivity contribution in [3.63, 3.8) is 0 Å². The molecule has 0 aromatic heterocycles. The number of aldehydes is 1. The Balaban J connectivity index is 2.59. The van der Waals surface area contributed by atoms with Gasteiger partial charge < -0.3 is 0 Å². The summed E-state index contributed by atoms with van der Waals surface area (Å²) < 4.78 is 0. The monoisotopic (exact) mass is 151 g/mol. The van der Waals surface area contributed by atoms with Gasteiger partial charge in [-0.05, 0) is 20.0 Å². The minimum atomic E-state index is -0.361. The summed E-state index contributed by atoms with van der Waals surface area (Å²) >= 11 is 0. The van der Waals surface area contributed by atoms with Gasteiger partial charge in [-0.25, -0.2) is 0 Å². The van der Waals surface area contributed by atoms with Gasteiger partial charge in [0.1, 0.15) is 0 Å². The lowest BCUT2D eigenvalue weighted by atomic mass is 9.85. The van der Waals surface area contributed by atoms with E-state index in [1.54, 1.807) is 7.05 Å². The zero-order chi connectivity index (χ0) is 8.43. The fourth-order valence-corrected chi connectivity index (χ4v) is 1.45. The Morgan fingerprint density at radius 1 is 1.73 bits per heavy atom. The van der Waals surface area contributed by atoms with E-state index in [9.17, 15) is 9.59 Å². The number of ketones is 1. The van der Waals surface area contributed by atoms with Crippen molar-refractivity contribution in [2.24, 2.45) is 0 Å². The van der Waals surface area contributed by atoms with Crippen molar-refractivity contribution < 1.29 is 9.59 Å². The van der Waals surface area contributed by atoms with Crippen LogP contribution in [0, 0.1) is 0 Å². The number of nitrogens with zero attached hydrogens (tertiary/aromatic N) is 1. The summed E-state index contributed by atoms with van der Waals surface area (Å²) in [5, 5.41) is 0. The van der Waals surface area contributed by atoms with Crippen LogP contribution in [-0.4, -0.2) is 44.4 Å². The normalized spacial score (nSPS) is 32.1. The van der Waals surface area contributed by atoms with E-state index in [0.717, 1.165) is 0 Å². The van der Waals surface area contributed by atoms with Crippen molar-refractivity contribution in [1.82, 2.24) is 4.90 Å². The molecule has 1 unspecified atom stereocenters. The molecule has 0 bridgehead atoms. The summed E-state index contributed by atoms with van der Waals surface area (Å²) in [6, 6.07) is -0.275. The molecular formula is C7H10BNO2. The van der Waals surface area contributed by atoms with E-state index in [2.05, 4.69) is 0 Å². The SMILES string of the molecule is [B]C1C[C@H](C(=O)C=O)N(C)C1. The molecular weight excluding hydrogens is 141 g/mol. The summed E-state index contributed by atoms with van der Waals surface area (Å²) in [5.41, 5.74) is 0. The second-order valence-corrected chi connectivity index (χ2v) is 2.97. The third-order valence-electron chi connectivity index (χ3n) is 2.03. The fraction of sp³-hybridized carbons (Fsp3) is 0.714. The quantitative estimate of drug-likeness (QED) is 0.301. The predicted octanol–water partition coefficient (Wildman–Crippen LogP) is -0.585. The smallest absolute Gasteiger partial charge is 0.212 e. The highest BCUT2D eigenvalue weighted by Gasteiger charge is 2.30. The highest BCUT2D eigenvalue weighted by molar-refractivity contribution is 6.28. The Hall–Kier alpha value is -0.635. The third-order valence-corrected chi connectivity index (χ3v) is 2.03. The number of hydrogen-bond donors (Lipinski definition) is 0. The standard InChI is InChI=1S/C7H10BNO2/c1-9-3-5(8)2-6(9)7(11)4-10/h4-6H,2-3H2,1H3/t5?,6-/m1/s1. The Morgan fingerprint density at radius 3 is 2.73 bits per heavy atom. The van der Waals surface area contributed by atoms with Crippen LogP contribution in [0.1, 0.15) is 6.42 Å². The molecule has 0 aliphatic carbocycles. The molecule has 1 saturated heterocycles. The van der Waals surface area contributed by atoms with Gasteiger partial charge in [-0.3, -0.25) is 14.5 Å². The number of hydrogen-bond acceptors (Lipinski definition) is 3. The van der Waals surface area contributed by atoms with Gasteiger partial charge in [0.15, 0.2) is 6.29 Å². The molecule has 0 spiro atoms. The van der Waals surface area contributed by atoms with Crippen molar-refractivity contribution in [2.45, 2.75) is 18.3 Å². The number of rotatable bonds is 2. The highest BCUT2D eigenvalue weighted by Crippen LogP contribution is 2.23. The molecule has 0 amide bonds. The molecule has 0 aromatic carbocycles. The van der Waals surface area contributed by atoms with Crippen LogP contribution in [0.2, 0.25) is 5.82 Å². The average molecular weight is 151 g/mol. The lowest BCUT2D eigenvalue weighted by molar-refractivity contribution is -0.132. The van der Waals surface area contributed by atoms with Gasteiger partial charge in [0.2, 0.25) is 5.78 Å². The van der Waals surface area contributed by atoms with E-state index in [-0.39, 0.29) is 17.6 Å². The maximum absolute atomic E-state index is 10.9. The molecule has 1 rings (SSSR count). The Morgan fingerprint density at radius 2 is 2.36 bits per heavy atom. The number of likely N-dealkylation sites (N-methyl/N-ethyl adjacent to an activating group) is 1. The van der Waals surface area contributed by atoms with Gasteiger partial charge in [-0.15, -0.1) is 0 Å². The number of Topliss-reactive ketones (excluding diaryl/α,β-unsaturated/α-hetero) is 1. The molecule has 0 saturated carbocycles. The van der Waals surface area contributed by atoms with Crippen LogP contribution in [0.25, 0.3) is 0 Å². The maximum atomic E-state index is 10.9. The average Bonchev–Trinajstić information content (AvgIpc) is 2.28. The number of carbonyl (C=O) groups is 2. The molecule has 1 aliphatic rings. The molecule has 4 heteroatoms. The maximum Gasteiger partial charge on any atom is 0.212 e. The lowest BCUT2D eigenvalue weighted by Gasteiger charge is -2.14. The first-order valence-electron chi connectivity index (χ1n) is 3.60. The van der Waals surface area contributed by atoms with E-state index in [4.69, 9.17) is 7.85 Å². The first-order chi connectivity index (χ1) is 5.15. The summed E-state index contributed by atoms with van der Waals surface area (Å²) in [5.74, 6) is -0.325. The Labute approximate surface area is 67.2 Å². The van der Waals surface area contributed by atoms with Crippen molar-refractivity contribution in [1.29, 1.82) is 0 Å². The highest BCUT2D eigenvalue weighted by atomic mass is 16.2. The van der Waals surface area contributed by atoms with Crippen LogP contribution < -0.4 is 0 Å². The molecule has 1 fully saturated rings. The van der Waals surface area contributed by atoms with Crippen LogP contribution in [-0.2, 0) is 9.59 Å². The molecule has 1 aliphatic heterocycles. The minimum Gasteiger partial charge on any atom is -0.297 e. The van der Waals surface area contributed by atoms with Crippen LogP contribution in [0.15, 0.2) is 0 Å². The first kappa shape index (κ1) is 8.46. The molecule has 58 valence electrons. The molecule has 11 heavy (non-hydrogen) atoms. The molecule has 0 aromatic rings. The van der Waals surface area contributed by atoms with Crippen molar-refractivity contribution in [2.75, 3.05) is 13.6 Å². The first-order valence-corrected chi connectivity index (χ1v) is 3.60. The minimum absolute atomic E-state index is 0.0360. The van der Waals surface area contributed by atoms with E-state index >= 15 is 0 Å². The van der Waals surface area contributed by atoms with Gasteiger partial charge in [-0.1, -0.05) is 5.82 Å². The summed E-state index contributed by atoms with van der Waals surface area (Å²) in [7, 11) is 7.40. The molecule has 3 nitrogen and oxygen atoms in total. The summed E-state index contributed by atoms with van der Waals surface area (Å²) in [6.45, 7) is 0.699. The third kappa shape index (κ3) is 1.68. The van der Waals surface area contributed by atoms with Crippen LogP contribution in [0.4, 0.5) is 0 Å². The van der Waals surface area contributed by atoms with E-state index < -0.39 is 0 Å². The lowest BCUT2D eigenvalue weighted by Crippen LogP contribution is -2.33. The van der Waals surface area contributed by atoms with Crippen molar-refractivity contribution in [3.05, 3.63) is 0 Å². The van der Waals surface area contributed by atoms with Gasteiger partial charge in [-0.2, -0.15) is 0 Å². The van der Waals surface area contributed by atoms with E-state index in [1.165, 1.54) is 0 Å². The van der Waals surface area contributed by atoms with Crippen molar-refractivity contribution >= 4 is 19.9 Å². The van der Waals surface area contributed by atoms with Gasteiger partial charge in [0.25, 0.3) is 0 Å². The second-order valence-electron chi connectivity index (χ2n) is 2.97. The zero-order valence-corrected chi connectivity index (χ0v) is 6.49. The molecule has 2 radical (unpaired) electrons. The largest absolute Gasteiger partial charge is 0.297 e. The van der Waals surface area contributed by atoms with Crippen LogP contribution in [0.5, 0.6) is 0 Å². The van der Waals surface area contributed by atoms with Gasteiger partial charge >= 0.3 is 0 Å². The van der Waals surface area contributed by atoms with Crippen molar-refractivity contribution in [3.8, 4) is 0 Å². The number of carbonyl (C=O) groups excluding carboxylic acids is 2. The fourth-order valence-electron chi connectivity index (χ4n) is 1.45. The van der Waals surface area contributed by atoms with Gasteiger partial charge in [0, 0.05) is 0 Å². The summed E-state index contributed by atoms with van der Waals surface area (Å²) in [4.78, 5) is 22.9. The van der Waals surface area contributed by atoms with Gasteiger partial charge in [0.05, 0.1) is 13.9 Å². The molecule has 2 atom stereocenters. The summed E-state index contributed by atoms with van der Waals surface area (Å²) in [6.07, 6.45) is 0.979. The zero-order valence-electron chi connectivity index (χ0n) is 6.49. The Kier molecular flexibility index (Phi) is 2.44. The van der Waals surface area contributed by atoms with E-state index in [0.29, 0.717) is 19.3 Å². The second kappa shape index (κ2) is 3.18. The van der Waals surface area contributed by atoms with Crippen LogP contribution >= 0.6 is 0 Å².